The van der Waals surface area contributed by atoms with Crippen molar-refractivity contribution in [1.29, 1.82) is 0 Å². The van der Waals surface area contributed by atoms with Gasteiger partial charge in [-0.3, -0.25) is 4.79 Å². The van der Waals surface area contributed by atoms with Crippen LogP contribution in [0.15, 0.2) is 42.5 Å². The van der Waals surface area contributed by atoms with Crippen LogP contribution in [0.5, 0.6) is 5.75 Å². The van der Waals surface area contributed by atoms with E-state index in [1.54, 1.807) is 6.07 Å². The van der Waals surface area contributed by atoms with Gasteiger partial charge < -0.3 is 15.8 Å². The third-order valence-corrected chi connectivity index (χ3v) is 4.09. The van der Waals surface area contributed by atoms with Crippen LogP contribution in [0.1, 0.15) is 16.1 Å². The monoisotopic (exact) mass is 411 g/mol. The van der Waals surface area contributed by atoms with E-state index in [1.165, 1.54) is 31.4 Å². The molecule has 7 nitrogen and oxygen atoms in total. The molecule has 28 heavy (non-hydrogen) atoms. The number of hydrogen-bond donors (Lipinski definition) is 2. The van der Waals surface area contributed by atoms with E-state index in [0.717, 1.165) is 16.8 Å². The van der Waals surface area contributed by atoms with Crippen molar-refractivity contribution < 1.29 is 22.7 Å². The van der Waals surface area contributed by atoms with E-state index in [9.17, 15) is 18.0 Å². The van der Waals surface area contributed by atoms with E-state index in [4.69, 9.17) is 22.1 Å². The average molecular weight is 412 g/mol. The van der Waals surface area contributed by atoms with Crippen LogP contribution in [0.2, 0.25) is 5.02 Å². The number of amides is 1. The molecule has 1 aromatic heterocycles. The third kappa shape index (κ3) is 3.72. The largest absolute Gasteiger partial charge is 0.495 e. The predicted octanol–water partition coefficient (Wildman–Crippen LogP) is 3.78. The number of ether oxygens (including phenoxy) is 1. The van der Waals surface area contributed by atoms with E-state index in [1.807, 2.05) is 0 Å². The number of carbonyl (C=O) groups is 1. The van der Waals surface area contributed by atoms with Crippen LogP contribution in [-0.2, 0) is 6.18 Å². The SMILES string of the molecule is COc1cc(-n2nnc(C(=O)Nc3ccccc3C(F)(F)F)c2N)ccc1Cl. The van der Waals surface area contributed by atoms with Gasteiger partial charge in [0, 0.05) is 6.07 Å². The van der Waals surface area contributed by atoms with E-state index in [0.29, 0.717) is 16.5 Å². The summed E-state index contributed by atoms with van der Waals surface area (Å²) in [5, 5.41) is 9.99. The number of hydrogen-bond acceptors (Lipinski definition) is 5. The topological polar surface area (TPSA) is 95.1 Å². The Balaban J connectivity index is 1.92. The van der Waals surface area contributed by atoms with Crippen molar-refractivity contribution in [2.24, 2.45) is 0 Å². The smallest absolute Gasteiger partial charge is 0.418 e. The maximum absolute atomic E-state index is 13.1. The van der Waals surface area contributed by atoms with Gasteiger partial charge >= 0.3 is 6.18 Å². The van der Waals surface area contributed by atoms with Gasteiger partial charge in [-0.1, -0.05) is 28.9 Å². The minimum Gasteiger partial charge on any atom is -0.495 e. The van der Waals surface area contributed by atoms with Gasteiger partial charge in [0.1, 0.15) is 5.75 Å². The van der Waals surface area contributed by atoms with Crippen molar-refractivity contribution in [2.75, 3.05) is 18.2 Å². The summed E-state index contributed by atoms with van der Waals surface area (Å²) in [6, 6.07) is 9.20. The molecule has 0 bridgehead atoms. The molecule has 0 aliphatic rings. The Morgan fingerprint density at radius 1 is 1.25 bits per heavy atom. The molecule has 0 aliphatic heterocycles. The minimum atomic E-state index is -4.63. The standard InChI is InChI=1S/C17H13ClF3N5O2/c1-28-13-8-9(6-7-11(13)18)26-15(22)14(24-25-26)16(27)23-12-5-3-2-4-10(12)17(19,20)21/h2-8H,22H2,1H3,(H,23,27). The quantitative estimate of drug-likeness (QED) is 0.681. The maximum atomic E-state index is 13.1. The Kier molecular flexibility index (Phi) is 5.14. The Morgan fingerprint density at radius 2 is 1.96 bits per heavy atom. The second-order valence-corrected chi connectivity index (χ2v) is 5.96. The summed E-state index contributed by atoms with van der Waals surface area (Å²) >= 11 is 5.96. The van der Waals surface area contributed by atoms with Crippen LogP contribution in [-0.4, -0.2) is 28.0 Å². The number of nitrogens with two attached hydrogens (primary N) is 1. The highest BCUT2D eigenvalue weighted by atomic mass is 35.5. The molecule has 0 saturated heterocycles. The molecular weight excluding hydrogens is 399 g/mol. The normalized spacial score (nSPS) is 11.3. The fourth-order valence-corrected chi connectivity index (χ4v) is 2.64. The van der Waals surface area contributed by atoms with Gasteiger partial charge in [0.25, 0.3) is 5.91 Å². The van der Waals surface area contributed by atoms with Crippen molar-refractivity contribution in [3.05, 3.63) is 58.7 Å². The first-order valence-electron chi connectivity index (χ1n) is 7.75. The Hall–Kier alpha value is -3.27. The van der Waals surface area contributed by atoms with Gasteiger partial charge in [-0.15, -0.1) is 5.10 Å². The molecule has 1 heterocycles. The summed E-state index contributed by atoms with van der Waals surface area (Å²) in [5.41, 5.74) is 4.60. The van der Waals surface area contributed by atoms with Gasteiger partial charge in [-0.05, 0) is 24.3 Å². The number of nitrogens with zero attached hydrogens (tertiary/aromatic N) is 3. The first-order chi connectivity index (χ1) is 13.2. The average Bonchev–Trinajstić information content (AvgIpc) is 3.03. The zero-order valence-electron chi connectivity index (χ0n) is 14.3. The van der Waals surface area contributed by atoms with Crippen LogP contribution >= 0.6 is 11.6 Å². The highest BCUT2D eigenvalue weighted by molar-refractivity contribution is 6.32. The van der Waals surface area contributed by atoms with E-state index >= 15 is 0 Å². The number of alkyl halides is 3. The lowest BCUT2D eigenvalue weighted by Crippen LogP contribution is -2.18. The fourth-order valence-electron chi connectivity index (χ4n) is 2.44. The van der Waals surface area contributed by atoms with Crippen molar-refractivity contribution in [3.8, 4) is 11.4 Å². The van der Waals surface area contributed by atoms with Gasteiger partial charge in [-0.25, -0.2) is 0 Å². The summed E-state index contributed by atoms with van der Waals surface area (Å²) in [6.45, 7) is 0. The predicted molar refractivity (Wildman–Crippen MR) is 96.7 cm³/mol. The zero-order chi connectivity index (χ0) is 20.5. The highest BCUT2D eigenvalue weighted by Gasteiger charge is 2.34. The number of halogens is 4. The van der Waals surface area contributed by atoms with Crippen molar-refractivity contribution in [1.82, 2.24) is 15.0 Å². The van der Waals surface area contributed by atoms with E-state index in [2.05, 4.69) is 15.6 Å². The van der Waals surface area contributed by atoms with Crippen LogP contribution in [0.3, 0.4) is 0 Å². The summed E-state index contributed by atoms with van der Waals surface area (Å²) < 4.78 is 45.5. The first-order valence-corrected chi connectivity index (χ1v) is 8.13. The molecule has 0 spiro atoms. The van der Waals surface area contributed by atoms with Gasteiger partial charge in [0.2, 0.25) is 0 Å². The molecule has 3 rings (SSSR count). The molecule has 1 amide bonds. The summed E-state index contributed by atoms with van der Waals surface area (Å²) in [6.07, 6.45) is -4.63. The van der Waals surface area contributed by atoms with Crippen molar-refractivity contribution >= 4 is 29.0 Å². The van der Waals surface area contributed by atoms with Gasteiger partial charge in [0.05, 0.1) is 29.1 Å². The molecule has 0 saturated carbocycles. The number of para-hydroxylation sites is 1. The number of nitrogens with one attached hydrogen (secondary N) is 1. The highest BCUT2D eigenvalue weighted by Crippen LogP contribution is 2.35. The van der Waals surface area contributed by atoms with Crippen LogP contribution in [0, 0.1) is 0 Å². The van der Waals surface area contributed by atoms with E-state index < -0.39 is 23.3 Å². The zero-order valence-corrected chi connectivity index (χ0v) is 15.0. The lowest BCUT2D eigenvalue weighted by molar-refractivity contribution is -0.136. The number of nitrogen functional groups attached to an aromatic ring is 1. The summed E-state index contributed by atoms with van der Waals surface area (Å²) in [5.74, 6) is -0.744. The molecule has 0 unspecified atom stereocenters. The third-order valence-electron chi connectivity index (χ3n) is 3.78. The Morgan fingerprint density at radius 3 is 2.64 bits per heavy atom. The Bertz CT molecular complexity index is 1040. The van der Waals surface area contributed by atoms with Gasteiger partial charge in [-0.2, -0.15) is 17.9 Å². The molecule has 3 N–H and O–H groups in total. The number of anilines is 2. The van der Waals surface area contributed by atoms with Crippen LogP contribution in [0.4, 0.5) is 24.7 Å². The molecule has 146 valence electrons. The Labute approximate surface area is 161 Å². The second kappa shape index (κ2) is 7.39. The lowest BCUT2D eigenvalue weighted by atomic mass is 10.1. The molecule has 0 radical (unpaired) electrons. The van der Waals surface area contributed by atoms with Gasteiger partial charge in [0.15, 0.2) is 11.5 Å². The second-order valence-electron chi connectivity index (χ2n) is 5.55. The molecule has 0 aliphatic carbocycles. The number of aromatic nitrogens is 3. The number of rotatable bonds is 4. The summed E-state index contributed by atoms with van der Waals surface area (Å²) in [4.78, 5) is 12.4. The number of benzene rings is 2. The maximum Gasteiger partial charge on any atom is 0.418 e. The fraction of sp³-hybridized carbons (Fsp3) is 0.118. The van der Waals surface area contributed by atoms with Crippen molar-refractivity contribution in [2.45, 2.75) is 6.18 Å². The van der Waals surface area contributed by atoms with Crippen LogP contribution in [0.25, 0.3) is 5.69 Å². The minimum absolute atomic E-state index is 0.161. The molecule has 2 aromatic carbocycles. The molecule has 11 heteroatoms. The molecular formula is C17H13ClF3N5O2. The lowest BCUT2D eigenvalue weighted by Gasteiger charge is -2.13. The van der Waals surface area contributed by atoms with E-state index in [-0.39, 0.29) is 11.5 Å². The first kappa shape index (κ1) is 19.5. The van der Waals surface area contributed by atoms with Crippen LogP contribution < -0.4 is 15.8 Å². The molecule has 3 aromatic rings. The number of methoxy groups -OCH3 is 1. The summed E-state index contributed by atoms with van der Waals surface area (Å²) in [7, 11) is 1.42. The molecule has 0 fully saturated rings. The number of carbonyl (C=O) groups excluding carboxylic acids is 1. The molecule has 0 atom stereocenters. The van der Waals surface area contributed by atoms with Crippen molar-refractivity contribution in [3.63, 3.8) is 0 Å².